The van der Waals surface area contributed by atoms with Gasteiger partial charge in [-0.1, -0.05) is 18.5 Å². The Hall–Kier alpha value is -0.780. The lowest BCUT2D eigenvalue weighted by Crippen LogP contribution is -2.02. The van der Waals surface area contributed by atoms with E-state index in [1.165, 1.54) is 4.88 Å². The standard InChI is InChI=1S/C14H16BrClN2OS/c1-3-13-18-8-10(20-13)7-17-12-6-9(16)5-11(15)14(12)19-4-2/h5-6,8,17H,3-4,7H2,1-2H3. The van der Waals surface area contributed by atoms with Crippen molar-refractivity contribution in [2.45, 2.75) is 26.8 Å². The summed E-state index contributed by atoms with van der Waals surface area (Å²) in [6, 6.07) is 3.71. The Morgan fingerprint density at radius 1 is 1.40 bits per heavy atom. The number of halogens is 2. The molecule has 0 atom stereocenters. The van der Waals surface area contributed by atoms with Gasteiger partial charge in [-0.2, -0.15) is 0 Å². The molecule has 1 N–H and O–H groups in total. The first-order valence-electron chi connectivity index (χ1n) is 6.43. The Morgan fingerprint density at radius 2 is 2.20 bits per heavy atom. The van der Waals surface area contributed by atoms with Gasteiger partial charge in [-0.05, 0) is 41.4 Å². The maximum Gasteiger partial charge on any atom is 0.156 e. The van der Waals surface area contributed by atoms with Crippen LogP contribution in [0.5, 0.6) is 5.75 Å². The lowest BCUT2D eigenvalue weighted by molar-refractivity contribution is 0.339. The highest BCUT2D eigenvalue weighted by Gasteiger charge is 2.10. The van der Waals surface area contributed by atoms with E-state index in [1.807, 2.05) is 25.3 Å². The number of rotatable bonds is 6. The van der Waals surface area contributed by atoms with Gasteiger partial charge >= 0.3 is 0 Å². The summed E-state index contributed by atoms with van der Waals surface area (Å²) in [4.78, 5) is 5.55. The topological polar surface area (TPSA) is 34.1 Å². The molecule has 1 aromatic heterocycles. The predicted octanol–water partition coefficient (Wildman–Crippen LogP) is 5.13. The molecule has 0 aliphatic heterocycles. The number of hydrogen-bond acceptors (Lipinski definition) is 4. The maximum absolute atomic E-state index is 6.10. The molecule has 6 heteroatoms. The fourth-order valence-electron chi connectivity index (χ4n) is 1.76. The largest absolute Gasteiger partial charge is 0.491 e. The molecule has 20 heavy (non-hydrogen) atoms. The number of aryl methyl sites for hydroxylation is 1. The number of aromatic nitrogens is 1. The molecule has 0 amide bonds. The van der Waals surface area contributed by atoms with Crippen LogP contribution in [0.2, 0.25) is 5.02 Å². The fraction of sp³-hybridized carbons (Fsp3) is 0.357. The molecule has 0 saturated carbocycles. The van der Waals surface area contributed by atoms with Crippen molar-refractivity contribution in [2.75, 3.05) is 11.9 Å². The zero-order valence-corrected chi connectivity index (χ0v) is 14.5. The molecule has 0 saturated heterocycles. The third-order valence-corrected chi connectivity index (χ3v) is 4.60. The Labute approximate surface area is 136 Å². The minimum absolute atomic E-state index is 0.607. The number of thiazole rings is 1. The van der Waals surface area contributed by atoms with E-state index in [4.69, 9.17) is 16.3 Å². The van der Waals surface area contributed by atoms with Crippen LogP contribution in [0.1, 0.15) is 23.7 Å². The molecule has 0 bridgehead atoms. The van der Waals surface area contributed by atoms with Crippen molar-refractivity contribution in [3.05, 3.63) is 37.7 Å². The molecule has 1 heterocycles. The third-order valence-electron chi connectivity index (χ3n) is 2.65. The van der Waals surface area contributed by atoms with E-state index >= 15 is 0 Å². The highest BCUT2D eigenvalue weighted by molar-refractivity contribution is 9.10. The van der Waals surface area contributed by atoms with Gasteiger partial charge in [0, 0.05) is 16.1 Å². The van der Waals surface area contributed by atoms with Crippen LogP contribution in [0.15, 0.2) is 22.8 Å². The molecule has 2 aromatic rings. The zero-order valence-electron chi connectivity index (χ0n) is 11.4. The SMILES string of the molecule is CCOc1c(Br)cc(Cl)cc1NCc1cnc(CC)s1. The average molecular weight is 376 g/mol. The smallest absolute Gasteiger partial charge is 0.156 e. The van der Waals surface area contributed by atoms with Crippen molar-refractivity contribution in [1.82, 2.24) is 4.98 Å². The summed E-state index contributed by atoms with van der Waals surface area (Å²) in [5, 5.41) is 5.18. The Kier molecular flexibility index (Phi) is 5.69. The van der Waals surface area contributed by atoms with Gasteiger partial charge in [-0.15, -0.1) is 11.3 Å². The number of hydrogen-bond donors (Lipinski definition) is 1. The number of nitrogens with one attached hydrogen (secondary N) is 1. The van der Waals surface area contributed by atoms with Crippen molar-refractivity contribution in [3.8, 4) is 5.75 Å². The number of ether oxygens (including phenoxy) is 1. The summed E-state index contributed by atoms with van der Waals surface area (Å²) >= 11 is 11.3. The Bertz CT molecular complexity index is 589. The van der Waals surface area contributed by atoms with Crippen LogP contribution in [-0.2, 0) is 13.0 Å². The van der Waals surface area contributed by atoms with Crippen LogP contribution < -0.4 is 10.1 Å². The van der Waals surface area contributed by atoms with Gasteiger partial charge in [0.05, 0.1) is 28.3 Å². The van der Waals surface area contributed by atoms with E-state index in [-0.39, 0.29) is 0 Å². The average Bonchev–Trinajstić information content (AvgIpc) is 2.88. The highest BCUT2D eigenvalue weighted by Crippen LogP contribution is 2.37. The molecule has 3 nitrogen and oxygen atoms in total. The minimum Gasteiger partial charge on any atom is -0.491 e. The first-order chi connectivity index (χ1) is 9.63. The normalized spacial score (nSPS) is 10.6. The van der Waals surface area contributed by atoms with Crippen molar-refractivity contribution in [1.29, 1.82) is 0 Å². The first kappa shape index (κ1) is 15.6. The quantitative estimate of drug-likeness (QED) is 0.759. The van der Waals surface area contributed by atoms with E-state index in [9.17, 15) is 0 Å². The molecule has 0 unspecified atom stereocenters. The summed E-state index contributed by atoms with van der Waals surface area (Å²) in [6.45, 7) is 5.39. The fourth-order valence-corrected chi connectivity index (χ4v) is 3.49. The molecule has 2 rings (SSSR count). The lowest BCUT2D eigenvalue weighted by atomic mass is 10.3. The van der Waals surface area contributed by atoms with Crippen LogP contribution in [-0.4, -0.2) is 11.6 Å². The molecule has 108 valence electrons. The summed E-state index contributed by atoms with van der Waals surface area (Å²) in [5.74, 6) is 0.789. The Balaban J connectivity index is 2.15. The number of anilines is 1. The predicted molar refractivity (Wildman–Crippen MR) is 89.1 cm³/mol. The summed E-state index contributed by atoms with van der Waals surface area (Å²) in [5.41, 5.74) is 0.887. The molecule has 0 spiro atoms. The van der Waals surface area contributed by atoms with Crippen LogP contribution in [0.3, 0.4) is 0 Å². The van der Waals surface area contributed by atoms with Crippen molar-refractivity contribution in [2.24, 2.45) is 0 Å². The van der Waals surface area contributed by atoms with E-state index in [0.717, 1.165) is 27.3 Å². The van der Waals surface area contributed by atoms with Gasteiger partial charge in [0.15, 0.2) is 5.75 Å². The molecular weight excluding hydrogens is 360 g/mol. The van der Waals surface area contributed by atoms with Gasteiger partial charge in [0.1, 0.15) is 0 Å². The van der Waals surface area contributed by atoms with Crippen LogP contribution >= 0.6 is 38.9 Å². The van der Waals surface area contributed by atoms with Gasteiger partial charge < -0.3 is 10.1 Å². The first-order valence-corrected chi connectivity index (χ1v) is 8.42. The number of benzene rings is 1. The minimum atomic E-state index is 0.607. The summed E-state index contributed by atoms with van der Waals surface area (Å²) in [7, 11) is 0. The monoisotopic (exact) mass is 374 g/mol. The van der Waals surface area contributed by atoms with E-state index in [0.29, 0.717) is 18.2 Å². The van der Waals surface area contributed by atoms with Crippen molar-refractivity contribution in [3.63, 3.8) is 0 Å². The maximum atomic E-state index is 6.10. The zero-order chi connectivity index (χ0) is 14.5. The van der Waals surface area contributed by atoms with E-state index < -0.39 is 0 Å². The summed E-state index contributed by atoms with van der Waals surface area (Å²) in [6.07, 6.45) is 2.88. The molecule has 0 fully saturated rings. The highest BCUT2D eigenvalue weighted by atomic mass is 79.9. The van der Waals surface area contributed by atoms with Gasteiger partial charge in [-0.3, -0.25) is 0 Å². The second-order valence-corrected chi connectivity index (χ2v) is 6.62. The molecule has 0 radical (unpaired) electrons. The Morgan fingerprint density at radius 3 is 2.85 bits per heavy atom. The molecule has 0 aliphatic carbocycles. The van der Waals surface area contributed by atoms with E-state index in [1.54, 1.807) is 11.3 Å². The van der Waals surface area contributed by atoms with Crippen molar-refractivity contribution >= 4 is 44.6 Å². The third kappa shape index (κ3) is 3.87. The lowest BCUT2D eigenvalue weighted by Gasteiger charge is -2.14. The molecule has 0 aliphatic rings. The molecular formula is C14H16BrClN2OS. The number of nitrogens with zero attached hydrogens (tertiary/aromatic N) is 1. The van der Waals surface area contributed by atoms with E-state index in [2.05, 4.69) is 33.2 Å². The van der Waals surface area contributed by atoms with Crippen LogP contribution in [0.4, 0.5) is 5.69 Å². The van der Waals surface area contributed by atoms with Gasteiger partial charge in [0.2, 0.25) is 0 Å². The van der Waals surface area contributed by atoms with Crippen LogP contribution in [0.25, 0.3) is 0 Å². The molecule has 1 aromatic carbocycles. The van der Waals surface area contributed by atoms with Crippen LogP contribution in [0, 0.1) is 0 Å². The van der Waals surface area contributed by atoms with Crippen molar-refractivity contribution < 1.29 is 4.74 Å². The second-order valence-electron chi connectivity index (χ2n) is 4.12. The summed E-state index contributed by atoms with van der Waals surface area (Å²) < 4.78 is 6.51. The van der Waals surface area contributed by atoms with Gasteiger partial charge in [0.25, 0.3) is 0 Å². The van der Waals surface area contributed by atoms with Gasteiger partial charge in [-0.25, -0.2) is 4.98 Å². The second kappa shape index (κ2) is 7.29.